The molecule has 0 bridgehead atoms. The van der Waals surface area contributed by atoms with E-state index >= 15 is 0 Å². The average molecular weight is 277 g/mol. The lowest BCUT2D eigenvalue weighted by Crippen LogP contribution is -2.40. The topological polar surface area (TPSA) is 38.3 Å². The van der Waals surface area contributed by atoms with E-state index in [2.05, 4.69) is 11.9 Å². The molecule has 0 spiro atoms. The summed E-state index contributed by atoms with van der Waals surface area (Å²) >= 11 is 0. The largest absolute Gasteiger partial charge is 0.443 e. The van der Waals surface area contributed by atoms with E-state index in [0.29, 0.717) is 11.6 Å². The standard InChI is InChI=1S/C17H27NO2/c1-5-7-13-15(6-2)18-16(19)20-17(3,4)14-11-9-8-10-12-14/h5-7,13-14H,1,8-12H2,2-4H3,(H,18,19)/b13-7-,15-6+. The molecule has 1 saturated carbocycles. The van der Waals surface area contributed by atoms with Gasteiger partial charge >= 0.3 is 6.09 Å². The van der Waals surface area contributed by atoms with Crippen LogP contribution in [0.25, 0.3) is 0 Å². The van der Waals surface area contributed by atoms with Crippen molar-refractivity contribution in [2.75, 3.05) is 0 Å². The minimum Gasteiger partial charge on any atom is -0.443 e. The van der Waals surface area contributed by atoms with Crippen molar-refractivity contribution in [2.24, 2.45) is 5.92 Å². The SMILES string of the molecule is C=C/C=C\C(=C/C)NC(=O)OC(C)(C)C1CCCCC1. The number of nitrogens with one attached hydrogen (secondary N) is 1. The molecule has 1 fully saturated rings. The van der Waals surface area contributed by atoms with E-state index in [4.69, 9.17) is 4.74 Å². The first-order chi connectivity index (χ1) is 9.49. The Hall–Kier alpha value is -1.51. The van der Waals surface area contributed by atoms with E-state index in [1.807, 2.05) is 26.8 Å². The maximum Gasteiger partial charge on any atom is 0.412 e. The molecule has 0 saturated heterocycles. The van der Waals surface area contributed by atoms with Crippen LogP contribution in [0.5, 0.6) is 0 Å². The molecule has 1 aliphatic carbocycles. The van der Waals surface area contributed by atoms with E-state index in [1.54, 1.807) is 18.2 Å². The van der Waals surface area contributed by atoms with Crippen LogP contribution in [0.1, 0.15) is 52.9 Å². The Kier molecular flexibility index (Phi) is 6.56. The third kappa shape index (κ3) is 5.24. The van der Waals surface area contributed by atoms with Gasteiger partial charge in [0.2, 0.25) is 0 Å². The quantitative estimate of drug-likeness (QED) is 0.738. The van der Waals surface area contributed by atoms with Gasteiger partial charge in [0.05, 0.1) is 0 Å². The summed E-state index contributed by atoms with van der Waals surface area (Å²) in [6, 6.07) is 0. The molecule has 0 atom stereocenters. The molecule has 112 valence electrons. The zero-order chi connectivity index (χ0) is 15.0. The zero-order valence-electron chi connectivity index (χ0n) is 12.9. The van der Waals surface area contributed by atoms with Crippen LogP contribution in [-0.2, 0) is 4.74 Å². The summed E-state index contributed by atoms with van der Waals surface area (Å²) in [5.74, 6) is 0.458. The van der Waals surface area contributed by atoms with Crippen molar-refractivity contribution in [3.05, 3.63) is 36.6 Å². The van der Waals surface area contributed by atoms with Gasteiger partial charge in [-0.3, -0.25) is 5.32 Å². The predicted octanol–water partition coefficient (Wildman–Crippen LogP) is 4.72. The van der Waals surface area contributed by atoms with Gasteiger partial charge < -0.3 is 4.74 Å². The van der Waals surface area contributed by atoms with E-state index < -0.39 is 5.60 Å². The molecular formula is C17H27NO2. The lowest BCUT2D eigenvalue weighted by Gasteiger charge is -2.36. The minimum absolute atomic E-state index is 0.387. The Labute approximate surface area is 122 Å². The average Bonchev–Trinajstić information content (AvgIpc) is 2.43. The lowest BCUT2D eigenvalue weighted by molar-refractivity contribution is -0.0172. The van der Waals surface area contributed by atoms with Gasteiger partial charge in [-0.05, 0) is 45.6 Å². The van der Waals surface area contributed by atoms with Crippen LogP contribution >= 0.6 is 0 Å². The molecule has 1 N–H and O–H groups in total. The van der Waals surface area contributed by atoms with Crippen LogP contribution in [0.2, 0.25) is 0 Å². The Morgan fingerprint density at radius 2 is 1.95 bits per heavy atom. The smallest absolute Gasteiger partial charge is 0.412 e. The highest BCUT2D eigenvalue weighted by Crippen LogP contribution is 2.34. The first kappa shape index (κ1) is 16.5. The molecule has 0 radical (unpaired) electrons. The highest BCUT2D eigenvalue weighted by atomic mass is 16.6. The molecule has 1 rings (SSSR count). The number of hydrogen-bond donors (Lipinski definition) is 1. The van der Waals surface area contributed by atoms with Gasteiger partial charge in [-0.15, -0.1) is 0 Å². The highest BCUT2D eigenvalue weighted by Gasteiger charge is 2.34. The van der Waals surface area contributed by atoms with Crippen molar-refractivity contribution in [1.29, 1.82) is 0 Å². The first-order valence-electron chi connectivity index (χ1n) is 7.45. The van der Waals surface area contributed by atoms with E-state index in [0.717, 1.165) is 12.8 Å². The van der Waals surface area contributed by atoms with Crippen molar-refractivity contribution in [3.8, 4) is 0 Å². The fraction of sp³-hybridized carbons (Fsp3) is 0.588. The Morgan fingerprint density at radius 1 is 1.30 bits per heavy atom. The van der Waals surface area contributed by atoms with E-state index in [1.165, 1.54) is 19.3 Å². The Balaban J connectivity index is 2.55. The van der Waals surface area contributed by atoms with Crippen LogP contribution < -0.4 is 5.32 Å². The number of alkyl carbamates (subject to hydrolysis) is 1. The summed E-state index contributed by atoms with van der Waals surface area (Å²) in [7, 11) is 0. The number of hydrogen-bond acceptors (Lipinski definition) is 2. The molecule has 0 unspecified atom stereocenters. The van der Waals surface area contributed by atoms with Gasteiger partial charge in [0.25, 0.3) is 0 Å². The van der Waals surface area contributed by atoms with Crippen molar-refractivity contribution >= 4 is 6.09 Å². The molecule has 1 aliphatic rings. The summed E-state index contributed by atoms with van der Waals surface area (Å²) in [4.78, 5) is 12.0. The van der Waals surface area contributed by atoms with Crippen LogP contribution in [0.15, 0.2) is 36.6 Å². The summed E-state index contributed by atoms with van der Waals surface area (Å²) in [6.45, 7) is 9.50. The van der Waals surface area contributed by atoms with Crippen molar-refractivity contribution < 1.29 is 9.53 Å². The molecule has 3 nitrogen and oxygen atoms in total. The van der Waals surface area contributed by atoms with Crippen molar-refractivity contribution in [3.63, 3.8) is 0 Å². The second-order valence-corrected chi connectivity index (χ2v) is 5.79. The second-order valence-electron chi connectivity index (χ2n) is 5.79. The first-order valence-corrected chi connectivity index (χ1v) is 7.45. The van der Waals surface area contributed by atoms with Gasteiger partial charge in [-0.1, -0.05) is 44.1 Å². The lowest BCUT2D eigenvalue weighted by atomic mass is 9.79. The number of allylic oxidation sites excluding steroid dienone is 4. The van der Waals surface area contributed by atoms with Gasteiger partial charge in [-0.2, -0.15) is 0 Å². The zero-order valence-corrected chi connectivity index (χ0v) is 12.9. The van der Waals surface area contributed by atoms with Gasteiger partial charge in [0.1, 0.15) is 5.60 Å². The van der Waals surface area contributed by atoms with E-state index in [-0.39, 0.29) is 6.09 Å². The van der Waals surface area contributed by atoms with E-state index in [9.17, 15) is 4.79 Å². The second kappa shape index (κ2) is 7.93. The van der Waals surface area contributed by atoms with Crippen molar-refractivity contribution in [2.45, 2.75) is 58.5 Å². The van der Waals surface area contributed by atoms with Crippen molar-refractivity contribution in [1.82, 2.24) is 5.32 Å². The molecule has 0 aliphatic heterocycles. The van der Waals surface area contributed by atoms with Crippen LogP contribution in [-0.4, -0.2) is 11.7 Å². The maximum absolute atomic E-state index is 12.0. The molecular weight excluding hydrogens is 250 g/mol. The third-order valence-electron chi connectivity index (χ3n) is 3.91. The summed E-state index contributed by atoms with van der Waals surface area (Å²) in [5.41, 5.74) is 0.306. The number of ether oxygens (including phenoxy) is 1. The monoisotopic (exact) mass is 277 g/mol. The molecule has 0 aromatic carbocycles. The summed E-state index contributed by atoms with van der Waals surface area (Å²) in [6.07, 6.45) is 12.7. The van der Waals surface area contributed by atoms with Gasteiger partial charge in [-0.25, -0.2) is 4.79 Å². The number of carbonyl (C=O) groups is 1. The van der Waals surface area contributed by atoms with Gasteiger partial charge in [0.15, 0.2) is 0 Å². The van der Waals surface area contributed by atoms with Crippen LogP contribution in [0.4, 0.5) is 4.79 Å². The summed E-state index contributed by atoms with van der Waals surface area (Å²) in [5, 5.41) is 2.76. The molecule has 20 heavy (non-hydrogen) atoms. The predicted molar refractivity (Wildman–Crippen MR) is 83.4 cm³/mol. The minimum atomic E-state index is -0.411. The fourth-order valence-corrected chi connectivity index (χ4v) is 2.65. The van der Waals surface area contributed by atoms with Crippen LogP contribution in [0.3, 0.4) is 0 Å². The molecule has 0 aromatic heterocycles. The molecule has 3 heteroatoms. The highest BCUT2D eigenvalue weighted by molar-refractivity contribution is 5.70. The molecule has 0 heterocycles. The Morgan fingerprint density at radius 3 is 2.50 bits per heavy atom. The molecule has 0 aromatic rings. The summed E-state index contributed by atoms with van der Waals surface area (Å²) < 4.78 is 5.64. The third-order valence-corrected chi connectivity index (χ3v) is 3.91. The Bertz CT molecular complexity index is 388. The normalized spacial score (nSPS) is 18.1. The number of rotatable bonds is 5. The van der Waals surface area contributed by atoms with Crippen LogP contribution in [0, 0.1) is 5.92 Å². The number of amides is 1. The maximum atomic E-state index is 12.0. The fourth-order valence-electron chi connectivity index (χ4n) is 2.65. The van der Waals surface area contributed by atoms with Gasteiger partial charge in [0, 0.05) is 5.70 Å². The molecule has 1 amide bonds. The number of carbonyl (C=O) groups excluding carboxylic acids is 1.